The number of aromatic nitrogens is 3. The molecule has 0 aliphatic carbocycles. The first kappa shape index (κ1) is 18.7. The fraction of sp³-hybridized carbons (Fsp3) is 0.167. The minimum atomic E-state index is 0.0785. The highest BCUT2D eigenvalue weighted by Crippen LogP contribution is 2.23. The van der Waals surface area contributed by atoms with Crippen LogP contribution in [0.4, 0.5) is 0 Å². The van der Waals surface area contributed by atoms with Gasteiger partial charge in [0.05, 0.1) is 13.3 Å². The number of hydrogen-bond donors (Lipinski definition) is 0. The van der Waals surface area contributed by atoms with Crippen molar-refractivity contribution in [1.82, 2.24) is 9.13 Å². The fourth-order valence-corrected chi connectivity index (χ4v) is 3.89. The van der Waals surface area contributed by atoms with Crippen molar-refractivity contribution < 1.29 is 14.1 Å². The molecule has 0 bridgehead atoms. The summed E-state index contributed by atoms with van der Waals surface area (Å²) in [5, 5.41) is 0. The molecule has 0 spiro atoms. The first-order valence-electron chi connectivity index (χ1n) is 9.51. The van der Waals surface area contributed by atoms with E-state index in [0.717, 1.165) is 39.4 Å². The molecule has 2 heterocycles. The molecule has 0 radical (unpaired) electrons. The summed E-state index contributed by atoms with van der Waals surface area (Å²) in [6.07, 6.45) is 3.66. The molecule has 0 aliphatic heterocycles. The lowest BCUT2D eigenvalue weighted by Crippen LogP contribution is -2.36. The number of ether oxygens (including phenoxy) is 1. The Kier molecular flexibility index (Phi) is 4.80. The van der Waals surface area contributed by atoms with Crippen molar-refractivity contribution in [1.29, 1.82) is 0 Å². The number of Topliss-reactive ketones (excluding diaryl/α,β-unsaturated/α-hetero) is 1. The van der Waals surface area contributed by atoms with Gasteiger partial charge in [0.25, 0.3) is 0 Å². The predicted octanol–water partition coefficient (Wildman–Crippen LogP) is 4.33. The number of aryl methyl sites for hydroxylation is 1. The number of carbonyl (C=O) groups is 1. The summed E-state index contributed by atoms with van der Waals surface area (Å²) < 4.78 is 11.3. The van der Waals surface area contributed by atoms with Crippen LogP contribution in [0.1, 0.15) is 21.7 Å². The van der Waals surface area contributed by atoms with E-state index in [9.17, 15) is 4.79 Å². The minimum Gasteiger partial charge on any atom is -0.497 e. The molecule has 5 nitrogen and oxygen atoms in total. The van der Waals surface area contributed by atoms with E-state index in [-0.39, 0.29) is 12.3 Å². The Morgan fingerprint density at radius 1 is 1.14 bits per heavy atom. The highest BCUT2D eigenvalue weighted by Gasteiger charge is 2.21. The zero-order chi connectivity index (χ0) is 20.5. The van der Waals surface area contributed by atoms with E-state index in [1.165, 1.54) is 0 Å². The van der Waals surface area contributed by atoms with Gasteiger partial charge in [-0.2, -0.15) is 0 Å². The van der Waals surface area contributed by atoms with E-state index >= 15 is 0 Å². The summed E-state index contributed by atoms with van der Waals surface area (Å²) in [6.45, 7) is 8.14. The van der Waals surface area contributed by atoms with E-state index in [2.05, 4.69) is 11.1 Å². The van der Waals surface area contributed by atoms with Gasteiger partial charge in [0.2, 0.25) is 12.1 Å². The van der Waals surface area contributed by atoms with Gasteiger partial charge in [0, 0.05) is 22.6 Å². The summed E-state index contributed by atoms with van der Waals surface area (Å²) in [4.78, 5) is 13.2. The highest BCUT2D eigenvalue weighted by molar-refractivity contribution is 5.97. The summed E-state index contributed by atoms with van der Waals surface area (Å²) in [5.41, 5.74) is 5.74. The first-order valence-corrected chi connectivity index (χ1v) is 9.51. The van der Waals surface area contributed by atoms with Crippen molar-refractivity contribution in [3.8, 4) is 11.4 Å². The van der Waals surface area contributed by atoms with Crippen LogP contribution in [0.3, 0.4) is 0 Å². The third-order valence-corrected chi connectivity index (χ3v) is 5.31. The van der Waals surface area contributed by atoms with Crippen molar-refractivity contribution in [2.45, 2.75) is 20.4 Å². The normalized spacial score (nSPS) is 11.0. The predicted molar refractivity (Wildman–Crippen MR) is 115 cm³/mol. The zero-order valence-electron chi connectivity index (χ0n) is 16.9. The molecule has 0 atom stereocenters. The Bertz CT molecular complexity index is 1210. The Morgan fingerprint density at radius 3 is 2.55 bits per heavy atom. The number of ketones is 1. The topological polar surface area (TPSA) is 40.0 Å². The monoisotopic (exact) mass is 386 g/mol. The number of fused-ring (bicyclic) bond motifs is 1. The maximum Gasteiger partial charge on any atom is 0.249 e. The van der Waals surface area contributed by atoms with Gasteiger partial charge in [-0.1, -0.05) is 18.7 Å². The number of rotatable bonds is 6. The van der Waals surface area contributed by atoms with E-state index < -0.39 is 0 Å². The van der Waals surface area contributed by atoms with Gasteiger partial charge in [-0.05, 0) is 56.3 Å². The smallest absolute Gasteiger partial charge is 0.249 e. The van der Waals surface area contributed by atoms with E-state index in [0.29, 0.717) is 0 Å². The minimum absolute atomic E-state index is 0.0785. The quantitative estimate of drug-likeness (QED) is 0.366. The molecule has 29 heavy (non-hydrogen) atoms. The number of carbonyl (C=O) groups excluding carboxylic acids is 1. The largest absolute Gasteiger partial charge is 0.497 e. The second-order valence-electron chi connectivity index (χ2n) is 7.06. The highest BCUT2D eigenvalue weighted by atomic mass is 16.5. The van der Waals surface area contributed by atoms with Gasteiger partial charge < -0.3 is 9.30 Å². The molecule has 2 aromatic carbocycles. The van der Waals surface area contributed by atoms with E-state index in [1.54, 1.807) is 13.3 Å². The number of imidazole rings is 1. The standard InChI is InChI=1S/C24H24N3O2/c1-5-25-16-26(23-9-7-6-8-22(23)25)15-24(28)21-14-17(2)27(18(21)3)19-10-12-20(29-4)13-11-19/h5-14,16H,1,15H2,2-4H3/q+1. The maximum atomic E-state index is 13.2. The van der Waals surface area contributed by atoms with Crippen LogP contribution in [0.15, 0.2) is 67.5 Å². The summed E-state index contributed by atoms with van der Waals surface area (Å²) in [7, 11) is 1.65. The average molecular weight is 386 g/mol. The van der Waals surface area contributed by atoms with Crippen LogP contribution in [0.5, 0.6) is 5.75 Å². The molecule has 0 aliphatic rings. The lowest BCUT2D eigenvalue weighted by Gasteiger charge is -2.10. The molecule has 4 aromatic rings. The molecule has 4 rings (SSSR count). The van der Waals surface area contributed by atoms with E-state index in [1.807, 2.05) is 83.9 Å². The van der Waals surface area contributed by atoms with Crippen LogP contribution in [0.2, 0.25) is 0 Å². The van der Waals surface area contributed by atoms with Crippen molar-refractivity contribution in [2.75, 3.05) is 7.11 Å². The molecule has 0 N–H and O–H groups in total. The van der Waals surface area contributed by atoms with Crippen LogP contribution in [0.25, 0.3) is 22.9 Å². The molecule has 2 aromatic heterocycles. The fourth-order valence-electron chi connectivity index (χ4n) is 3.89. The number of nitrogens with zero attached hydrogens (tertiary/aromatic N) is 3. The maximum absolute atomic E-state index is 13.2. The second-order valence-corrected chi connectivity index (χ2v) is 7.06. The number of methoxy groups -OCH3 is 1. The molecule has 0 fully saturated rings. The number of para-hydroxylation sites is 2. The van der Waals surface area contributed by atoms with Crippen LogP contribution < -0.4 is 9.30 Å². The van der Waals surface area contributed by atoms with Gasteiger partial charge in [-0.25, -0.2) is 9.13 Å². The third-order valence-electron chi connectivity index (χ3n) is 5.31. The molecule has 5 heteroatoms. The Balaban J connectivity index is 1.69. The molecule has 146 valence electrons. The van der Waals surface area contributed by atoms with Crippen molar-refractivity contribution in [3.05, 3.63) is 84.5 Å². The van der Waals surface area contributed by atoms with Crippen LogP contribution >= 0.6 is 0 Å². The SMILES string of the molecule is C=Cn1c[n+](CC(=O)c2cc(C)n(-c3ccc(OC)cc3)c2C)c2ccccc21. The zero-order valence-corrected chi connectivity index (χ0v) is 16.9. The third kappa shape index (κ3) is 3.25. The molecule has 0 saturated heterocycles. The average Bonchev–Trinajstić information content (AvgIpc) is 3.25. The van der Waals surface area contributed by atoms with Gasteiger partial charge >= 0.3 is 0 Å². The Labute approximate surface area is 170 Å². The van der Waals surface area contributed by atoms with Gasteiger partial charge in [-0.3, -0.25) is 4.79 Å². The van der Waals surface area contributed by atoms with Crippen molar-refractivity contribution in [3.63, 3.8) is 0 Å². The number of hydrogen-bond acceptors (Lipinski definition) is 2. The van der Waals surface area contributed by atoms with Crippen molar-refractivity contribution >= 4 is 23.0 Å². The van der Waals surface area contributed by atoms with Crippen LogP contribution in [-0.4, -0.2) is 22.0 Å². The Morgan fingerprint density at radius 2 is 1.86 bits per heavy atom. The lowest BCUT2D eigenvalue weighted by molar-refractivity contribution is -0.657. The van der Waals surface area contributed by atoms with Gasteiger partial charge in [0.15, 0.2) is 17.6 Å². The summed E-state index contributed by atoms with van der Waals surface area (Å²) in [5.74, 6) is 0.886. The Hall–Kier alpha value is -3.60. The van der Waals surface area contributed by atoms with E-state index in [4.69, 9.17) is 4.74 Å². The van der Waals surface area contributed by atoms with Gasteiger partial charge in [-0.15, -0.1) is 0 Å². The summed E-state index contributed by atoms with van der Waals surface area (Å²) >= 11 is 0. The molecule has 0 unspecified atom stereocenters. The second kappa shape index (κ2) is 7.43. The first-order chi connectivity index (χ1) is 14.0. The van der Waals surface area contributed by atoms with Crippen LogP contribution in [0, 0.1) is 13.8 Å². The summed E-state index contributed by atoms with van der Waals surface area (Å²) in [6, 6.07) is 17.8. The lowest BCUT2D eigenvalue weighted by atomic mass is 10.1. The van der Waals surface area contributed by atoms with Crippen molar-refractivity contribution in [2.24, 2.45) is 0 Å². The molecular weight excluding hydrogens is 362 g/mol. The van der Waals surface area contributed by atoms with Crippen LogP contribution in [-0.2, 0) is 6.54 Å². The van der Waals surface area contributed by atoms with Gasteiger partial charge in [0.1, 0.15) is 5.75 Å². The number of benzene rings is 2. The molecule has 0 saturated carbocycles. The molecule has 0 amide bonds. The molecular formula is C24H24N3O2+.